The zero-order valence-corrected chi connectivity index (χ0v) is 11.1. The third-order valence-corrected chi connectivity index (χ3v) is 3.02. The molecule has 3 N–H and O–H groups in total. The summed E-state index contributed by atoms with van der Waals surface area (Å²) >= 11 is 0. The van der Waals surface area contributed by atoms with E-state index in [0.29, 0.717) is 26.2 Å². The first-order valence-electron chi connectivity index (χ1n) is 6.52. The molecule has 1 aromatic rings. The minimum atomic E-state index is -0.276. The lowest BCUT2D eigenvalue weighted by Gasteiger charge is -2.11. The van der Waals surface area contributed by atoms with Gasteiger partial charge in [0.05, 0.1) is 13.2 Å². The Bertz CT molecular complexity index is 413. The highest BCUT2D eigenvalue weighted by Gasteiger charge is 2.17. The van der Waals surface area contributed by atoms with Gasteiger partial charge < -0.3 is 20.5 Å². The van der Waals surface area contributed by atoms with Crippen molar-refractivity contribution < 1.29 is 14.3 Å². The smallest absolute Gasteiger partial charge is 0.224 e. The Hall–Kier alpha value is -1.43. The molecule has 0 bridgehead atoms. The molecule has 1 amide bonds. The molecule has 0 saturated carbocycles. The maximum absolute atomic E-state index is 11.7. The lowest BCUT2D eigenvalue weighted by atomic mass is 10.1. The molecule has 1 saturated heterocycles. The van der Waals surface area contributed by atoms with Crippen LogP contribution >= 0.6 is 0 Å². The number of carbonyl (C=O) groups is 1. The molecule has 19 heavy (non-hydrogen) atoms. The van der Waals surface area contributed by atoms with Crippen molar-refractivity contribution in [1.82, 2.24) is 0 Å². The third kappa shape index (κ3) is 4.02. The van der Waals surface area contributed by atoms with Gasteiger partial charge in [0.25, 0.3) is 0 Å². The molecule has 0 radical (unpaired) electrons. The summed E-state index contributed by atoms with van der Waals surface area (Å²) in [7, 11) is 0. The van der Waals surface area contributed by atoms with Crippen LogP contribution in [0.3, 0.4) is 0 Å². The fourth-order valence-corrected chi connectivity index (χ4v) is 1.89. The number of carbonyl (C=O) groups excluding carboxylic acids is 1. The summed E-state index contributed by atoms with van der Waals surface area (Å²) in [6.45, 7) is 3.72. The summed E-state index contributed by atoms with van der Waals surface area (Å²) in [5.41, 5.74) is 7.23. The Labute approximate surface area is 113 Å². The van der Waals surface area contributed by atoms with Crippen LogP contribution < -0.4 is 11.1 Å². The number of nitrogens with one attached hydrogen (secondary N) is 1. The van der Waals surface area contributed by atoms with Gasteiger partial charge in [0.2, 0.25) is 5.91 Å². The zero-order valence-electron chi connectivity index (χ0n) is 11.1. The second kappa shape index (κ2) is 6.65. The van der Waals surface area contributed by atoms with Gasteiger partial charge in [-0.15, -0.1) is 0 Å². The number of nitrogens with two attached hydrogens (primary N) is 1. The van der Waals surface area contributed by atoms with E-state index in [-0.39, 0.29) is 18.1 Å². The molecule has 0 spiro atoms. The standard InChI is InChI=1S/C14H20N2O3/c1-10(9-15)8-13(17)16-12-4-2-11(3-5-12)14-18-6-7-19-14/h2-5,10,14H,6-9,15H2,1H3,(H,16,17). The van der Waals surface area contributed by atoms with E-state index in [2.05, 4.69) is 5.32 Å². The molecule has 2 rings (SSSR count). The molecule has 1 aromatic carbocycles. The highest BCUT2D eigenvalue weighted by atomic mass is 16.7. The van der Waals surface area contributed by atoms with Crippen LogP contribution in [0, 0.1) is 5.92 Å². The normalized spacial score (nSPS) is 17.4. The average Bonchev–Trinajstić information content (AvgIpc) is 2.93. The van der Waals surface area contributed by atoms with Crippen molar-refractivity contribution in [2.24, 2.45) is 11.7 Å². The molecule has 5 nitrogen and oxygen atoms in total. The van der Waals surface area contributed by atoms with Crippen LogP contribution in [-0.4, -0.2) is 25.7 Å². The lowest BCUT2D eigenvalue weighted by Crippen LogP contribution is -2.20. The van der Waals surface area contributed by atoms with E-state index >= 15 is 0 Å². The van der Waals surface area contributed by atoms with Crippen LogP contribution in [0.1, 0.15) is 25.2 Å². The van der Waals surface area contributed by atoms with Gasteiger partial charge in [-0.05, 0) is 24.6 Å². The molecule has 1 aliphatic heterocycles. The largest absolute Gasteiger partial charge is 0.346 e. The number of hydrogen-bond donors (Lipinski definition) is 2. The topological polar surface area (TPSA) is 73.6 Å². The number of hydrogen-bond acceptors (Lipinski definition) is 4. The minimum absolute atomic E-state index is 0.0148. The van der Waals surface area contributed by atoms with Crippen molar-refractivity contribution in [3.8, 4) is 0 Å². The number of amides is 1. The zero-order chi connectivity index (χ0) is 13.7. The third-order valence-electron chi connectivity index (χ3n) is 3.02. The van der Waals surface area contributed by atoms with Gasteiger partial charge in [-0.25, -0.2) is 0 Å². The molecule has 1 unspecified atom stereocenters. The number of anilines is 1. The van der Waals surface area contributed by atoms with Crippen molar-refractivity contribution in [1.29, 1.82) is 0 Å². The van der Waals surface area contributed by atoms with E-state index in [1.165, 1.54) is 0 Å². The van der Waals surface area contributed by atoms with Crippen molar-refractivity contribution in [2.75, 3.05) is 25.1 Å². The second-order valence-corrected chi connectivity index (χ2v) is 4.79. The average molecular weight is 264 g/mol. The van der Waals surface area contributed by atoms with E-state index in [1.807, 2.05) is 31.2 Å². The quantitative estimate of drug-likeness (QED) is 0.848. The van der Waals surface area contributed by atoms with Gasteiger partial charge in [-0.2, -0.15) is 0 Å². The number of rotatable bonds is 5. The van der Waals surface area contributed by atoms with E-state index in [1.54, 1.807) is 0 Å². The van der Waals surface area contributed by atoms with E-state index in [4.69, 9.17) is 15.2 Å². The van der Waals surface area contributed by atoms with E-state index in [0.717, 1.165) is 11.3 Å². The van der Waals surface area contributed by atoms with Gasteiger partial charge in [0.15, 0.2) is 6.29 Å². The lowest BCUT2D eigenvalue weighted by molar-refractivity contribution is -0.116. The Balaban J connectivity index is 1.89. The molecular formula is C14H20N2O3. The van der Waals surface area contributed by atoms with Crippen LogP contribution in [0.5, 0.6) is 0 Å². The fourth-order valence-electron chi connectivity index (χ4n) is 1.89. The van der Waals surface area contributed by atoms with Crippen molar-refractivity contribution in [3.63, 3.8) is 0 Å². The summed E-state index contributed by atoms with van der Waals surface area (Å²) in [6, 6.07) is 7.51. The molecule has 104 valence electrons. The van der Waals surface area contributed by atoms with Crippen molar-refractivity contribution in [2.45, 2.75) is 19.6 Å². The maximum atomic E-state index is 11.7. The number of ether oxygens (including phenoxy) is 2. The predicted molar refractivity (Wildman–Crippen MR) is 72.6 cm³/mol. The van der Waals surface area contributed by atoms with Crippen LogP contribution in [0.2, 0.25) is 0 Å². The maximum Gasteiger partial charge on any atom is 0.224 e. The molecule has 1 atom stereocenters. The SMILES string of the molecule is CC(CN)CC(=O)Nc1ccc(C2OCCO2)cc1. The fraction of sp³-hybridized carbons (Fsp3) is 0.500. The van der Waals surface area contributed by atoms with Gasteiger partial charge in [0, 0.05) is 17.7 Å². The molecule has 1 fully saturated rings. The molecule has 5 heteroatoms. The summed E-state index contributed by atoms with van der Waals surface area (Å²) in [5, 5.41) is 2.85. The van der Waals surface area contributed by atoms with Crippen molar-refractivity contribution >= 4 is 11.6 Å². The van der Waals surface area contributed by atoms with Crippen molar-refractivity contribution in [3.05, 3.63) is 29.8 Å². The molecule has 0 aliphatic carbocycles. The van der Waals surface area contributed by atoms with E-state index < -0.39 is 0 Å². The van der Waals surface area contributed by atoms with Gasteiger partial charge >= 0.3 is 0 Å². The Morgan fingerprint density at radius 3 is 2.58 bits per heavy atom. The minimum Gasteiger partial charge on any atom is -0.346 e. The van der Waals surface area contributed by atoms with Crippen LogP contribution in [0.4, 0.5) is 5.69 Å². The highest BCUT2D eigenvalue weighted by molar-refractivity contribution is 5.90. The Morgan fingerprint density at radius 2 is 2.00 bits per heavy atom. The van der Waals surface area contributed by atoms with E-state index in [9.17, 15) is 4.79 Å². The van der Waals surface area contributed by atoms with Gasteiger partial charge in [0.1, 0.15) is 0 Å². The molecule has 1 aliphatic rings. The summed E-state index contributed by atoms with van der Waals surface area (Å²) in [5.74, 6) is 0.179. The Kier molecular flexibility index (Phi) is 4.90. The second-order valence-electron chi connectivity index (χ2n) is 4.79. The first kappa shape index (κ1) is 14.0. The van der Waals surface area contributed by atoms with Gasteiger partial charge in [-0.1, -0.05) is 19.1 Å². The van der Waals surface area contributed by atoms with Crippen LogP contribution in [0.15, 0.2) is 24.3 Å². The Morgan fingerprint density at radius 1 is 1.37 bits per heavy atom. The van der Waals surface area contributed by atoms with Crippen LogP contribution in [0.25, 0.3) is 0 Å². The van der Waals surface area contributed by atoms with Gasteiger partial charge in [-0.3, -0.25) is 4.79 Å². The van der Waals surface area contributed by atoms with Crippen LogP contribution in [-0.2, 0) is 14.3 Å². The number of benzene rings is 1. The first-order chi connectivity index (χ1) is 9.19. The summed E-state index contributed by atoms with van der Waals surface area (Å²) in [6.07, 6.45) is 0.162. The molecule has 0 aromatic heterocycles. The summed E-state index contributed by atoms with van der Waals surface area (Å²) < 4.78 is 10.8. The molecular weight excluding hydrogens is 244 g/mol. The predicted octanol–water partition coefficient (Wildman–Crippen LogP) is 1.66. The highest BCUT2D eigenvalue weighted by Crippen LogP contribution is 2.24. The summed E-state index contributed by atoms with van der Waals surface area (Å²) in [4.78, 5) is 11.7. The first-order valence-corrected chi connectivity index (χ1v) is 6.52. The monoisotopic (exact) mass is 264 g/mol. The molecule has 1 heterocycles.